The fourth-order valence-electron chi connectivity index (χ4n) is 1.06. The van der Waals surface area contributed by atoms with Crippen LogP contribution in [0.5, 0.6) is 0 Å². The molecule has 0 spiro atoms. The first-order chi connectivity index (χ1) is 6.47. The van der Waals surface area contributed by atoms with Crippen molar-refractivity contribution in [3.05, 3.63) is 0 Å². The summed E-state index contributed by atoms with van der Waals surface area (Å²) in [6.07, 6.45) is -0.0880. The molecular weight excluding hydrogens is 206 g/mol. The third-order valence-electron chi connectivity index (χ3n) is 1.89. The lowest BCUT2D eigenvalue weighted by Gasteiger charge is -2.17. The number of hydrogen-bond acceptors (Lipinski definition) is 4. The Bertz CT molecular complexity index is 269. The fraction of sp³-hybridized carbons (Fsp3) is 0.875. The van der Waals surface area contributed by atoms with E-state index in [2.05, 4.69) is 4.74 Å². The molecule has 0 unspecified atom stereocenters. The van der Waals surface area contributed by atoms with E-state index in [9.17, 15) is 13.2 Å². The van der Waals surface area contributed by atoms with Gasteiger partial charge in [0.25, 0.3) is 0 Å². The Balaban J connectivity index is 4.27. The molecule has 0 amide bonds. The SMILES string of the molecule is CCN(CC)S(=O)(=O)CCC(=O)OC. The highest BCUT2D eigenvalue weighted by atomic mass is 32.2. The normalized spacial score (nSPS) is 11.7. The lowest BCUT2D eigenvalue weighted by Crippen LogP contribution is -2.33. The van der Waals surface area contributed by atoms with Crippen LogP contribution >= 0.6 is 0 Å². The summed E-state index contributed by atoms with van der Waals surface area (Å²) >= 11 is 0. The molecule has 0 aromatic rings. The van der Waals surface area contributed by atoms with Gasteiger partial charge in [0.1, 0.15) is 0 Å². The number of carbonyl (C=O) groups is 1. The van der Waals surface area contributed by atoms with E-state index in [1.165, 1.54) is 11.4 Å². The lowest BCUT2D eigenvalue weighted by atomic mass is 10.5. The van der Waals surface area contributed by atoms with Gasteiger partial charge in [0.2, 0.25) is 10.0 Å². The second kappa shape index (κ2) is 5.98. The molecule has 0 radical (unpaired) electrons. The largest absolute Gasteiger partial charge is 0.469 e. The van der Waals surface area contributed by atoms with E-state index >= 15 is 0 Å². The Labute approximate surface area is 85.1 Å². The first-order valence-corrected chi connectivity index (χ1v) is 6.13. The molecule has 0 rings (SSSR count). The summed E-state index contributed by atoms with van der Waals surface area (Å²) in [6, 6.07) is 0. The second-order valence-electron chi connectivity index (χ2n) is 2.73. The number of rotatable bonds is 6. The van der Waals surface area contributed by atoms with Crippen LogP contribution in [0.1, 0.15) is 20.3 Å². The topological polar surface area (TPSA) is 63.7 Å². The zero-order valence-electron chi connectivity index (χ0n) is 8.82. The van der Waals surface area contributed by atoms with Gasteiger partial charge >= 0.3 is 5.97 Å². The molecule has 0 bridgehead atoms. The van der Waals surface area contributed by atoms with Gasteiger partial charge in [0.15, 0.2) is 0 Å². The lowest BCUT2D eigenvalue weighted by molar-refractivity contribution is -0.140. The predicted octanol–water partition coefficient (Wildman–Crippen LogP) is 0.221. The zero-order chi connectivity index (χ0) is 11.2. The average molecular weight is 223 g/mol. The van der Waals surface area contributed by atoms with Gasteiger partial charge in [-0.25, -0.2) is 12.7 Å². The van der Waals surface area contributed by atoms with Gasteiger partial charge < -0.3 is 4.74 Å². The molecule has 0 fully saturated rings. The van der Waals surface area contributed by atoms with Crippen molar-refractivity contribution in [2.24, 2.45) is 0 Å². The Morgan fingerprint density at radius 2 is 1.79 bits per heavy atom. The van der Waals surface area contributed by atoms with Crippen LogP contribution in [0.4, 0.5) is 0 Å². The molecule has 0 aromatic heterocycles. The summed E-state index contributed by atoms with van der Waals surface area (Å²) in [6.45, 7) is 4.39. The van der Waals surface area contributed by atoms with Gasteiger partial charge in [0, 0.05) is 13.1 Å². The minimum Gasteiger partial charge on any atom is -0.469 e. The molecule has 0 aliphatic carbocycles. The molecular formula is C8H17NO4S. The van der Waals surface area contributed by atoms with Crippen LogP contribution in [0.3, 0.4) is 0 Å². The smallest absolute Gasteiger partial charge is 0.306 e. The summed E-state index contributed by atoms with van der Waals surface area (Å²) in [7, 11) is -2.05. The standard InChI is InChI=1S/C8H17NO4S/c1-4-9(5-2)14(11,12)7-6-8(10)13-3/h4-7H2,1-3H3. The summed E-state index contributed by atoms with van der Waals surface area (Å²) in [5, 5.41) is 0. The van der Waals surface area contributed by atoms with E-state index in [0.717, 1.165) is 0 Å². The van der Waals surface area contributed by atoms with Crippen LogP contribution in [0.15, 0.2) is 0 Å². The van der Waals surface area contributed by atoms with Crippen molar-refractivity contribution in [1.29, 1.82) is 0 Å². The summed E-state index contributed by atoms with van der Waals surface area (Å²) < 4.78 is 28.8. The summed E-state index contributed by atoms with van der Waals surface area (Å²) in [5.41, 5.74) is 0. The molecule has 6 heteroatoms. The van der Waals surface area contributed by atoms with Crippen molar-refractivity contribution < 1.29 is 17.9 Å². The van der Waals surface area contributed by atoms with E-state index in [4.69, 9.17) is 0 Å². The number of sulfonamides is 1. The Morgan fingerprint density at radius 1 is 1.29 bits per heavy atom. The van der Waals surface area contributed by atoms with E-state index in [1.54, 1.807) is 13.8 Å². The quantitative estimate of drug-likeness (QED) is 0.604. The molecule has 0 N–H and O–H groups in total. The number of methoxy groups -OCH3 is 1. The highest BCUT2D eigenvalue weighted by molar-refractivity contribution is 7.89. The van der Waals surface area contributed by atoms with E-state index in [0.29, 0.717) is 13.1 Å². The number of ether oxygens (including phenoxy) is 1. The molecule has 0 aliphatic rings. The number of esters is 1. The minimum atomic E-state index is -3.30. The predicted molar refractivity (Wildman–Crippen MR) is 53.3 cm³/mol. The zero-order valence-corrected chi connectivity index (χ0v) is 9.63. The minimum absolute atomic E-state index is 0.0880. The number of carbonyl (C=O) groups excluding carboxylic acids is 1. The van der Waals surface area contributed by atoms with E-state index < -0.39 is 16.0 Å². The van der Waals surface area contributed by atoms with Crippen molar-refractivity contribution in [3.8, 4) is 0 Å². The van der Waals surface area contributed by atoms with Gasteiger partial charge in [-0.05, 0) is 0 Å². The second-order valence-corrected chi connectivity index (χ2v) is 4.81. The Morgan fingerprint density at radius 3 is 2.14 bits per heavy atom. The average Bonchev–Trinajstić information content (AvgIpc) is 2.15. The Kier molecular flexibility index (Phi) is 5.71. The van der Waals surface area contributed by atoms with Gasteiger partial charge in [-0.15, -0.1) is 0 Å². The number of hydrogen-bond donors (Lipinski definition) is 0. The third kappa shape index (κ3) is 4.06. The third-order valence-corrected chi connectivity index (χ3v) is 3.91. The molecule has 0 aromatic carbocycles. The van der Waals surface area contributed by atoms with Crippen LogP contribution < -0.4 is 0 Å². The first-order valence-electron chi connectivity index (χ1n) is 4.52. The molecule has 0 atom stereocenters. The monoisotopic (exact) mass is 223 g/mol. The van der Waals surface area contributed by atoms with Crippen molar-refractivity contribution >= 4 is 16.0 Å². The van der Waals surface area contributed by atoms with Gasteiger partial charge in [0.05, 0.1) is 19.3 Å². The first kappa shape index (κ1) is 13.4. The van der Waals surface area contributed by atoms with Crippen LogP contribution in [0, 0.1) is 0 Å². The summed E-state index contributed by atoms with van der Waals surface area (Å²) in [4.78, 5) is 10.8. The van der Waals surface area contributed by atoms with Gasteiger partial charge in [-0.3, -0.25) is 4.79 Å². The maximum Gasteiger partial charge on any atom is 0.306 e. The van der Waals surface area contributed by atoms with E-state index in [1.807, 2.05) is 0 Å². The van der Waals surface area contributed by atoms with Crippen molar-refractivity contribution in [2.45, 2.75) is 20.3 Å². The number of nitrogens with zero attached hydrogens (tertiary/aromatic N) is 1. The van der Waals surface area contributed by atoms with Crippen LogP contribution in [0.25, 0.3) is 0 Å². The van der Waals surface area contributed by atoms with Crippen molar-refractivity contribution in [3.63, 3.8) is 0 Å². The molecule has 0 saturated heterocycles. The summed E-state index contributed by atoms with van der Waals surface area (Å²) in [5.74, 6) is -0.679. The molecule has 14 heavy (non-hydrogen) atoms. The van der Waals surface area contributed by atoms with Crippen LogP contribution in [-0.2, 0) is 19.6 Å². The van der Waals surface area contributed by atoms with Crippen LogP contribution in [-0.4, -0.2) is 44.6 Å². The van der Waals surface area contributed by atoms with Gasteiger partial charge in [-0.2, -0.15) is 0 Å². The van der Waals surface area contributed by atoms with Gasteiger partial charge in [-0.1, -0.05) is 13.8 Å². The molecule has 84 valence electrons. The van der Waals surface area contributed by atoms with E-state index in [-0.39, 0.29) is 12.2 Å². The maximum atomic E-state index is 11.5. The van der Waals surface area contributed by atoms with Crippen LogP contribution in [0.2, 0.25) is 0 Å². The molecule has 0 heterocycles. The Hall–Kier alpha value is -0.620. The fourth-order valence-corrected chi connectivity index (χ4v) is 2.53. The molecule has 5 nitrogen and oxygen atoms in total. The van der Waals surface area contributed by atoms with Crippen molar-refractivity contribution in [1.82, 2.24) is 4.31 Å². The molecule has 0 saturated carbocycles. The highest BCUT2D eigenvalue weighted by Crippen LogP contribution is 2.02. The maximum absolute atomic E-state index is 11.5. The van der Waals surface area contributed by atoms with Crippen molar-refractivity contribution in [2.75, 3.05) is 26.0 Å². The highest BCUT2D eigenvalue weighted by Gasteiger charge is 2.19. The molecule has 0 aliphatic heterocycles.